The van der Waals surface area contributed by atoms with Crippen LogP contribution in [-0.2, 0) is 4.74 Å². The minimum atomic E-state index is -4.23. The molecule has 2 aromatic rings. The molecule has 3 heterocycles. The van der Waals surface area contributed by atoms with Gasteiger partial charge in [-0.3, -0.25) is 0 Å². The van der Waals surface area contributed by atoms with Gasteiger partial charge in [0.2, 0.25) is 5.88 Å². The van der Waals surface area contributed by atoms with E-state index in [4.69, 9.17) is 9.47 Å². The van der Waals surface area contributed by atoms with Crippen LogP contribution in [0.5, 0.6) is 5.88 Å². The first kappa shape index (κ1) is 27.0. The van der Waals surface area contributed by atoms with Gasteiger partial charge in [0.05, 0.1) is 19.3 Å². The van der Waals surface area contributed by atoms with Crippen molar-refractivity contribution in [2.45, 2.75) is 39.0 Å². The van der Waals surface area contributed by atoms with Crippen molar-refractivity contribution in [3.63, 3.8) is 0 Å². The Balaban J connectivity index is 1.54. The SMILES string of the molecule is Cc1ccc(NC(=O)N2CC[C@H](CC(F)(F)F)C2)cc1-c1cc(OC[C@H](C)O)nc(N2CCOCC2)c1. The van der Waals surface area contributed by atoms with E-state index in [-0.39, 0.29) is 13.2 Å². The number of alkyl halides is 3. The number of ether oxygens (including phenoxy) is 2. The average Bonchev–Trinajstić information content (AvgIpc) is 3.31. The molecule has 2 amide bonds. The maximum atomic E-state index is 12.8. The number of pyridine rings is 1. The number of aliphatic hydroxyl groups excluding tert-OH is 1. The first-order valence-electron chi connectivity index (χ1n) is 12.5. The molecule has 2 atom stereocenters. The Labute approximate surface area is 214 Å². The zero-order valence-electron chi connectivity index (χ0n) is 21.1. The predicted octanol–water partition coefficient (Wildman–Crippen LogP) is 4.46. The van der Waals surface area contributed by atoms with Crippen molar-refractivity contribution < 1.29 is 32.5 Å². The highest BCUT2D eigenvalue weighted by molar-refractivity contribution is 5.90. The van der Waals surface area contributed by atoms with Gasteiger partial charge in [-0.15, -0.1) is 0 Å². The molecule has 0 unspecified atom stereocenters. The third-order valence-electron chi connectivity index (χ3n) is 6.49. The smallest absolute Gasteiger partial charge is 0.389 e. The zero-order valence-corrected chi connectivity index (χ0v) is 21.1. The normalized spacial score (nSPS) is 19.1. The first-order chi connectivity index (χ1) is 17.6. The Morgan fingerprint density at radius 1 is 1.24 bits per heavy atom. The minimum Gasteiger partial charge on any atom is -0.475 e. The summed E-state index contributed by atoms with van der Waals surface area (Å²) in [5, 5.41) is 12.5. The zero-order chi connectivity index (χ0) is 26.6. The lowest BCUT2D eigenvalue weighted by atomic mass is 10.0. The summed E-state index contributed by atoms with van der Waals surface area (Å²) in [6.07, 6.45) is -5.43. The number of carbonyl (C=O) groups excluding carboxylic acids is 1. The molecule has 4 rings (SSSR count). The molecule has 2 N–H and O–H groups in total. The van der Waals surface area contributed by atoms with E-state index in [0.717, 1.165) is 22.5 Å². The Hall–Kier alpha value is -3.05. The summed E-state index contributed by atoms with van der Waals surface area (Å²) in [5.74, 6) is 0.527. The van der Waals surface area contributed by atoms with Gasteiger partial charge < -0.3 is 29.7 Å². The molecule has 8 nitrogen and oxygen atoms in total. The van der Waals surface area contributed by atoms with Crippen molar-refractivity contribution in [3.8, 4) is 17.0 Å². The van der Waals surface area contributed by atoms with Crippen molar-refractivity contribution in [3.05, 3.63) is 35.9 Å². The standard InChI is InChI=1S/C26H33F3N4O4/c1-17-3-4-21(30-25(35)33-6-5-19(15-33)14-26(27,28)29)13-22(17)20-11-23(32-7-9-36-10-8-32)31-24(12-20)37-16-18(2)34/h3-4,11-13,18-19,34H,5-10,14-16H2,1-2H3,(H,30,35)/t18-,19+/m0/s1. The van der Waals surface area contributed by atoms with Gasteiger partial charge in [-0.1, -0.05) is 6.07 Å². The number of anilines is 2. The number of aliphatic hydroxyl groups is 1. The Morgan fingerprint density at radius 2 is 2.00 bits per heavy atom. The molecule has 2 saturated heterocycles. The molecule has 0 bridgehead atoms. The fourth-order valence-corrected chi connectivity index (χ4v) is 4.61. The number of aromatic nitrogens is 1. The van der Waals surface area contributed by atoms with Crippen LogP contribution < -0.4 is 15.0 Å². The van der Waals surface area contributed by atoms with Crippen molar-refractivity contribution in [1.29, 1.82) is 0 Å². The van der Waals surface area contributed by atoms with Crippen LogP contribution in [0.3, 0.4) is 0 Å². The molecule has 0 saturated carbocycles. The lowest BCUT2D eigenvalue weighted by Gasteiger charge is -2.28. The van der Waals surface area contributed by atoms with Gasteiger partial charge in [-0.25, -0.2) is 4.79 Å². The van der Waals surface area contributed by atoms with Gasteiger partial charge in [-0.05, 0) is 61.1 Å². The number of aryl methyl sites for hydroxylation is 1. The molecule has 1 aromatic carbocycles. The predicted molar refractivity (Wildman–Crippen MR) is 134 cm³/mol. The highest BCUT2D eigenvalue weighted by Crippen LogP contribution is 2.33. The van der Waals surface area contributed by atoms with Gasteiger partial charge in [-0.2, -0.15) is 18.2 Å². The Kier molecular flexibility index (Phi) is 8.43. The molecule has 11 heteroatoms. The molecule has 2 aliphatic heterocycles. The van der Waals surface area contributed by atoms with Crippen molar-refractivity contribution in [2.24, 2.45) is 5.92 Å². The number of amides is 2. The topological polar surface area (TPSA) is 87.2 Å². The fourth-order valence-electron chi connectivity index (χ4n) is 4.61. The van der Waals surface area contributed by atoms with E-state index in [2.05, 4.69) is 15.2 Å². The van der Waals surface area contributed by atoms with Crippen LogP contribution >= 0.6 is 0 Å². The summed E-state index contributed by atoms with van der Waals surface area (Å²) in [7, 11) is 0. The van der Waals surface area contributed by atoms with Crippen LogP contribution in [0.15, 0.2) is 30.3 Å². The van der Waals surface area contributed by atoms with Crippen molar-refractivity contribution >= 4 is 17.5 Å². The third kappa shape index (κ3) is 7.48. The third-order valence-corrected chi connectivity index (χ3v) is 6.49. The number of halogens is 3. The molecular weight excluding hydrogens is 489 g/mol. The highest BCUT2D eigenvalue weighted by Gasteiger charge is 2.36. The molecule has 0 spiro atoms. The highest BCUT2D eigenvalue weighted by atomic mass is 19.4. The molecule has 0 radical (unpaired) electrons. The van der Waals surface area contributed by atoms with Crippen molar-refractivity contribution in [1.82, 2.24) is 9.88 Å². The van der Waals surface area contributed by atoms with E-state index >= 15 is 0 Å². The van der Waals surface area contributed by atoms with E-state index in [1.165, 1.54) is 4.90 Å². The van der Waals surface area contributed by atoms with Crippen LogP contribution in [0.2, 0.25) is 0 Å². The number of nitrogens with one attached hydrogen (secondary N) is 1. The molecule has 202 valence electrons. The summed E-state index contributed by atoms with van der Waals surface area (Å²) >= 11 is 0. The van der Waals surface area contributed by atoms with Gasteiger partial charge in [0.1, 0.15) is 12.4 Å². The van der Waals surface area contributed by atoms with E-state index in [1.54, 1.807) is 19.1 Å². The quantitative estimate of drug-likeness (QED) is 0.559. The lowest BCUT2D eigenvalue weighted by molar-refractivity contribution is -0.143. The monoisotopic (exact) mass is 522 g/mol. The summed E-state index contributed by atoms with van der Waals surface area (Å²) in [6, 6.07) is 8.83. The van der Waals surface area contributed by atoms with E-state index in [9.17, 15) is 23.1 Å². The number of urea groups is 1. The number of nitrogens with zero attached hydrogens (tertiary/aromatic N) is 3. The average molecular weight is 523 g/mol. The van der Waals surface area contributed by atoms with E-state index in [0.29, 0.717) is 50.8 Å². The second-order valence-electron chi connectivity index (χ2n) is 9.69. The number of carbonyl (C=O) groups is 1. The van der Waals surface area contributed by atoms with Crippen LogP contribution in [-0.4, -0.2) is 79.3 Å². The van der Waals surface area contributed by atoms with Crippen LogP contribution in [0.1, 0.15) is 25.3 Å². The summed E-state index contributed by atoms with van der Waals surface area (Å²) in [4.78, 5) is 20.9. The molecule has 0 aliphatic carbocycles. The number of benzene rings is 1. The molecule has 2 fully saturated rings. The lowest BCUT2D eigenvalue weighted by Crippen LogP contribution is -2.36. The van der Waals surface area contributed by atoms with Gasteiger partial charge in [0.15, 0.2) is 0 Å². The summed E-state index contributed by atoms with van der Waals surface area (Å²) < 4.78 is 49.4. The first-order valence-corrected chi connectivity index (χ1v) is 12.5. The summed E-state index contributed by atoms with van der Waals surface area (Å²) in [6.45, 7) is 6.62. The number of rotatable bonds is 7. The Bertz CT molecular complexity index is 1090. The molecule has 1 aromatic heterocycles. The maximum absolute atomic E-state index is 12.8. The largest absolute Gasteiger partial charge is 0.475 e. The second kappa shape index (κ2) is 11.6. The van der Waals surface area contributed by atoms with E-state index < -0.39 is 30.7 Å². The minimum absolute atomic E-state index is 0.0846. The van der Waals surface area contributed by atoms with Gasteiger partial charge in [0.25, 0.3) is 0 Å². The van der Waals surface area contributed by atoms with Gasteiger partial charge in [0, 0.05) is 44.4 Å². The summed E-state index contributed by atoms with van der Waals surface area (Å²) in [5.41, 5.74) is 3.19. The van der Waals surface area contributed by atoms with Crippen LogP contribution in [0, 0.1) is 12.8 Å². The second-order valence-corrected chi connectivity index (χ2v) is 9.69. The fraction of sp³-hybridized carbons (Fsp3) is 0.538. The van der Waals surface area contributed by atoms with Gasteiger partial charge >= 0.3 is 12.2 Å². The number of hydrogen-bond donors (Lipinski definition) is 2. The number of morpholine rings is 1. The molecule has 2 aliphatic rings. The van der Waals surface area contributed by atoms with Crippen molar-refractivity contribution in [2.75, 3.05) is 56.2 Å². The van der Waals surface area contributed by atoms with E-state index in [1.807, 2.05) is 25.1 Å². The maximum Gasteiger partial charge on any atom is 0.389 e. The number of hydrogen-bond acceptors (Lipinski definition) is 6. The number of likely N-dealkylation sites (tertiary alicyclic amines) is 1. The molecule has 37 heavy (non-hydrogen) atoms. The molecular formula is C26H33F3N4O4. The Morgan fingerprint density at radius 3 is 2.70 bits per heavy atom. The van der Waals surface area contributed by atoms with Crippen LogP contribution in [0.4, 0.5) is 29.5 Å². The van der Waals surface area contributed by atoms with Crippen LogP contribution in [0.25, 0.3) is 11.1 Å².